The molecule has 410 valence electrons. The van der Waals surface area contributed by atoms with Crippen LogP contribution >= 0.6 is 0 Å². The standard InChI is InChI=1S/C56H109NO11S/c1-3-5-7-9-11-13-14-15-16-17-18-19-20-21-22-23-24-25-26-27-28-29-30-31-32-33-34-35-36-38-40-42-44-46-52(60)57-49(50(59)45-43-41-39-37-12-10-8-6-4-2)48-66-56-54(62)55(68-69(63,64)65)53(61)51(47-58)67-56/h43,45,49-51,53-56,58-59,61-62H,3-42,44,46-48H2,1-2H3,(H,57,60)(H,63,64,65)/b45-43+. The van der Waals surface area contributed by atoms with Crippen LogP contribution in [-0.4, -0.2) is 95.4 Å². The molecule has 1 rings (SSSR count). The minimum Gasteiger partial charge on any atom is -0.394 e. The van der Waals surface area contributed by atoms with E-state index >= 15 is 0 Å². The molecule has 0 aromatic carbocycles. The Morgan fingerprint density at radius 2 is 0.913 bits per heavy atom. The van der Waals surface area contributed by atoms with E-state index in [9.17, 15) is 38.2 Å². The fourth-order valence-electron chi connectivity index (χ4n) is 9.58. The maximum absolute atomic E-state index is 13.1. The van der Waals surface area contributed by atoms with Crippen molar-refractivity contribution in [3.63, 3.8) is 0 Å². The zero-order valence-electron chi connectivity index (χ0n) is 44.4. The Morgan fingerprint density at radius 1 is 0.565 bits per heavy atom. The van der Waals surface area contributed by atoms with Gasteiger partial charge in [-0.05, 0) is 19.3 Å². The molecule has 1 fully saturated rings. The van der Waals surface area contributed by atoms with Gasteiger partial charge < -0.3 is 35.2 Å². The van der Waals surface area contributed by atoms with Crippen molar-refractivity contribution in [1.29, 1.82) is 0 Å². The van der Waals surface area contributed by atoms with E-state index in [1.54, 1.807) is 6.08 Å². The third-order valence-corrected chi connectivity index (χ3v) is 14.5. The number of aliphatic hydroxyl groups excluding tert-OH is 4. The summed E-state index contributed by atoms with van der Waals surface area (Å²) in [6, 6.07) is -0.938. The van der Waals surface area contributed by atoms with Gasteiger partial charge in [0.1, 0.15) is 24.4 Å². The molecule has 0 aromatic rings. The average molecular weight is 1000 g/mol. The van der Waals surface area contributed by atoms with Crippen molar-refractivity contribution in [3.05, 3.63) is 12.2 Å². The van der Waals surface area contributed by atoms with Crippen molar-refractivity contribution in [3.8, 4) is 0 Å². The Hall–Kier alpha value is -1.16. The Morgan fingerprint density at radius 3 is 1.26 bits per heavy atom. The SMILES string of the molecule is CCCCCCCCC/C=C/C(O)C(COC1OC(CO)C(O)C(OS(=O)(=O)O)C1O)NC(=O)CCCCCCCCCCCCCCCCCCCCCCCCCCCCCCCCCCC. The summed E-state index contributed by atoms with van der Waals surface area (Å²) < 4.78 is 47.6. The van der Waals surface area contributed by atoms with Gasteiger partial charge in [0.05, 0.1) is 25.4 Å². The fourth-order valence-corrected chi connectivity index (χ4v) is 10.1. The molecule has 0 aliphatic carbocycles. The van der Waals surface area contributed by atoms with Gasteiger partial charge in [-0.3, -0.25) is 9.35 Å². The van der Waals surface area contributed by atoms with E-state index in [1.165, 1.54) is 212 Å². The van der Waals surface area contributed by atoms with Gasteiger partial charge in [-0.1, -0.05) is 270 Å². The van der Waals surface area contributed by atoms with Crippen LogP contribution in [0.3, 0.4) is 0 Å². The molecule has 0 spiro atoms. The number of allylic oxidation sites excluding steroid dienone is 1. The number of hydrogen-bond donors (Lipinski definition) is 6. The second-order valence-corrected chi connectivity index (χ2v) is 21.6. The van der Waals surface area contributed by atoms with Crippen LogP contribution in [0.4, 0.5) is 0 Å². The first-order valence-electron chi connectivity index (χ1n) is 29.1. The van der Waals surface area contributed by atoms with Crippen molar-refractivity contribution in [2.45, 2.75) is 326 Å². The van der Waals surface area contributed by atoms with E-state index in [2.05, 4.69) is 23.3 Å². The van der Waals surface area contributed by atoms with Crippen LogP contribution in [0.5, 0.6) is 0 Å². The van der Waals surface area contributed by atoms with Gasteiger partial charge in [0, 0.05) is 6.42 Å². The highest BCUT2D eigenvalue weighted by atomic mass is 32.3. The molecule has 69 heavy (non-hydrogen) atoms. The number of nitrogens with one attached hydrogen (secondary N) is 1. The molecule has 1 aliphatic heterocycles. The van der Waals surface area contributed by atoms with Crippen LogP contribution < -0.4 is 5.32 Å². The maximum Gasteiger partial charge on any atom is 0.397 e. The lowest BCUT2D eigenvalue weighted by Gasteiger charge is -2.41. The van der Waals surface area contributed by atoms with E-state index in [-0.39, 0.29) is 18.9 Å². The van der Waals surface area contributed by atoms with Crippen LogP contribution in [0.1, 0.15) is 284 Å². The molecule has 12 nitrogen and oxygen atoms in total. The van der Waals surface area contributed by atoms with Gasteiger partial charge in [0.2, 0.25) is 5.91 Å². The largest absolute Gasteiger partial charge is 0.397 e. The normalized spacial score (nSPS) is 19.7. The van der Waals surface area contributed by atoms with Gasteiger partial charge in [0.15, 0.2) is 6.29 Å². The Kier molecular flexibility index (Phi) is 44.5. The van der Waals surface area contributed by atoms with Crippen LogP contribution in [0.15, 0.2) is 12.2 Å². The summed E-state index contributed by atoms with van der Waals surface area (Å²) in [6.07, 6.45) is 47.4. The first kappa shape index (κ1) is 65.9. The zero-order valence-corrected chi connectivity index (χ0v) is 45.2. The second kappa shape index (κ2) is 46.6. The minimum absolute atomic E-state index is 0.259. The highest BCUT2D eigenvalue weighted by Gasteiger charge is 2.48. The smallest absolute Gasteiger partial charge is 0.394 e. The molecule has 7 unspecified atom stereocenters. The van der Waals surface area contributed by atoms with Crippen LogP contribution in [0.2, 0.25) is 0 Å². The summed E-state index contributed by atoms with van der Waals surface area (Å²) in [5.74, 6) is -0.259. The van der Waals surface area contributed by atoms with Gasteiger partial charge in [-0.25, -0.2) is 4.18 Å². The maximum atomic E-state index is 13.1. The lowest BCUT2D eigenvalue weighted by atomic mass is 9.99. The Labute approximate surface area is 423 Å². The number of hydrogen-bond acceptors (Lipinski definition) is 10. The van der Waals surface area contributed by atoms with E-state index < -0.39 is 59.9 Å². The summed E-state index contributed by atoms with van der Waals surface area (Å²) in [4.78, 5) is 13.1. The molecule has 1 heterocycles. The number of carbonyl (C=O) groups excluding carboxylic acids is 1. The summed E-state index contributed by atoms with van der Waals surface area (Å²) >= 11 is 0. The monoisotopic (exact) mass is 1000 g/mol. The molecule has 1 aliphatic rings. The van der Waals surface area contributed by atoms with Gasteiger partial charge in [-0.15, -0.1) is 0 Å². The van der Waals surface area contributed by atoms with Crippen molar-refractivity contribution in [2.24, 2.45) is 0 Å². The number of rotatable bonds is 51. The third-order valence-electron chi connectivity index (χ3n) is 14.1. The molecule has 6 N–H and O–H groups in total. The van der Waals surface area contributed by atoms with Crippen LogP contribution in [-0.2, 0) is 28.9 Å². The first-order valence-corrected chi connectivity index (χ1v) is 30.4. The number of aliphatic hydroxyl groups is 4. The number of ether oxygens (including phenoxy) is 2. The Balaban J connectivity index is 2.15. The number of amides is 1. The highest BCUT2D eigenvalue weighted by Crippen LogP contribution is 2.26. The first-order chi connectivity index (χ1) is 33.5. The van der Waals surface area contributed by atoms with Crippen molar-refractivity contribution in [2.75, 3.05) is 13.2 Å². The third kappa shape index (κ3) is 39.0. The molecule has 0 bridgehead atoms. The van der Waals surface area contributed by atoms with Crippen LogP contribution in [0, 0.1) is 0 Å². The summed E-state index contributed by atoms with van der Waals surface area (Å²) in [5.41, 5.74) is 0. The predicted molar refractivity (Wildman–Crippen MR) is 282 cm³/mol. The number of unbranched alkanes of at least 4 members (excludes halogenated alkanes) is 39. The van der Waals surface area contributed by atoms with Gasteiger partial charge in [0.25, 0.3) is 0 Å². The predicted octanol–water partition coefficient (Wildman–Crippen LogP) is 13.5. The van der Waals surface area contributed by atoms with Crippen molar-refractivity contribution < 1.29 is 51.8 Å². The van der Waals surface area contributed by atoms with E-state index in [0.29, 0.717) is 6.42 Å². The van der Waals surface area contributed by atoms with E-state index in [1.807, 2.05) is 6.08 Å². The summed E-state index contributed by atoms with van der Waals surface area (Å²) in [6.45, 7) is 3.38. The summed E-state index contributed by atoms with van der Waals surface area (Å²) in [7, 11) is -5.08. The minimum atomic E-state index is -5.08. The van der Waals surface area contributed by atoms with E-state index in [0.717, 1.165) is 44.9 Å². The molecule has 0 saturated carbocycles. The molecule has 0 radical (unpaired) electrons. The highest BCUT2D eigenvalue weighted by molar-refractivity contribution is 7.80. The Bertz CT molecular complexity index is 1270. The molecular formula is C56H109NO11S. The van der Waals surface area contributed by atoms with Crippen molar-refractivity contribution in [1.82, 2.24) is 5.32 Å². The molecule has 1 saturated heterocycles. The quantitative estimate of drug-likeness (QED) is 0.0193. The lowest BCUT2D eigenvalue weighted by Crippen LogP contribution is -2.61. The van der Waals surface area contributed by atoms with Gasteiger partial charge >= 0.3 is 10.4 Å². The molecular weight excluding hydrogens is 895 g/mol. The lowest BCUT2D eigenvalue weighted by molar-refractivity contribution is -0.298. The van der Waals surface area contributed by atoms with Crippen LogP contribution in [0.25, 0.3) is 0 Å². The summed E-state index contributed by atoms with van der Waals surface area (Å²) in [5, 5.41) is 44.7. The second-order valence-electron chi connectivity index (χ2n) is 20.6. The van der Waals surface area contributed by atoms with E-state index in [4.69, 9.17) is 9.47 Å². The molecule has 1 amide bonds. The molecule has 0 aromatic heterocycles. The zero-order chi connectivity index (χ0) is 50.5. The average Bonchev–Trinajstić information content (AvgIpc) is 3.32. The molecule has 7 atom stereocenters. The van der Waals surface area contributed by atoms with Crippen molar-refractivity contribution >= 4 is 16.3 Å². The molecule has 13 heteroatoms. The fraction of sp³-hybridized carbons (Fsp3) is 0.946. The topological polar surface area (TPSA) is 192 Å². The van der Waals surface area contributed by atoms with Gasteiger partial charge in [-0.2, -0.15) is 8.42 Å². The number of carbonyl (C=O) groups is 1.